The summed E-state index contributed by atoms with van der Waals surface area (Å²) in [5.41, 5.74) is 7.67. The maximum Gasteiger partial charge on any atom is 0.226 e. The average molecular weight is 338 g/mol. The van der Waals surface area contributed by atoms with E-state index in [2.05, 4.69) is 49.5 Å². The van der Waals surface area contributed by atoms with Gasteiger partial charge in [0.1, 0.15) is 0 Å². The van der Waals surface area contributed by atoms with Crippen molar-refractivity contribution >= 4 is 11.5 Å². The van der Waals surface area contributed by atoms with Crippen LogP contribution in [0.5, 0.6) is 0 Å². The van der Waals surface area contributed by atoms with Crippen LogP contribution >= 0.6 is 0 Å². The lowest BCUT2D eigenvalue weighted by Gasteiger charge is -2.45. The zero-order chi connectivity index (χ0) is 17.9. The highest BCUT2D eigenvalue weighted by atomic mass is 16.1. The Kier molecular flexibility index (Phi) is 5.43. The summed E-state index contributed by atoms with van der Waals surface area (Å²) in [4.78, 5) is 12.4. The topological polar surface area (TPSA) is 55.1 Å². The number of amides is 1. The van der Waals surface area contributed by atoms with Crippen molar-refractivity contribution in [3.05, 3.63) is 54.1 Å². The third-order valence-electron chi connectivity index (χ3n) is 5.83. The van der Waals surface area contributed by atoms with E-state index in [1.165, 1.54) is 32.1 Å². The molecule has 25 heavy (non-hydrogen) atoms. The smallest absolute Gasteiger partial charge is 0.226 e. The molecule has 1 amide bonds. The van der Waals surface area contributed by atoms with Gasteiger partial charge in [0.2, 0.25) is 5.91 Å². The van der Waals surface area contributed by atoms with Crippen molar-refractivity contribution < 1.29 is 4.79 Å². The summed E-state index contributed by atoms with van der Waals surface area (Å²) in [6.07, 6.45) is 12.6. The summed E-state index contributed by atoms with van der Waals surface area (Å²) in [5.74, 6) is -0.318. The van der Waals surface area contributed by atoms with E-state index in [0.29, 0.717) is 6.04 Å². The number of hydrogen-bond donors (Lipinski definition) is 2. The van der Waals surface area contributed by atoms with E-state index in [1.807, 2.05) is 18.2 Å². The lowest BCUT2D eigenvalue weighted by molar-refractivity contribution is -0.122. The zero-order valence-corrected chi connectivity index (χ0v) is 15.4. The molecule has 1 aromatic rings. The van der Waals surface area contributed by atoms with Crippen LogP contribution in [0.2, 0.25) is 0 Å². The number of carbonyl (C=O) groups is 1. The molecule has 134 valence electrons. The van der Waals surface area contributed by atoms with Crippen LogP contribution in [0, 0.1) is 11.8 Å². The fraction of sp³-hybridized carbons (Fsp3) is 0.500. The molecule has 0 aromatic heterocycles. The Bertz CT molecular complexity index is 656. The SMILES string of the molecule is CC(C)C1(NC2CCCCC2)C=CC(c2ccccc2)=CC1C(N)=O. The van der Waals surface area contributed by atoms with Gasteiger partial charge in [-0.05, 0) is 29.9 Å². The molecule has 0 aliphatic heterocycles. The van der Waals surface area contributed by atoms with Crippen LogP contribution in [0.1, 0.15) is 51.5 Å². The highest BCUT2D eigenvalue weighted by Crippen LogP contribution is 2.38. The summed E-state index contributed by atoms with van der Waals surface area (Å²) in [7, 11) is 0. The van der Waals surface area contributed by atoms with Gasteiger partial charge in [-0.15, -0.1) is 0 Å². The zero-order valence-electron chi connectivity index (χ0n) is 15.4. The minimum absolute atomic E-state index is 0.255. The number of rotatable bonds is 5. The fourth-order valence-corrected chi connectivity index (χ4v) is 4.30. The van der Waals surface area contributed by atoms with Gasteiger partial charge < -0.3 is 11.1 Å². The van der Waals surface area contributed by atoms with Crippen molar-refractivity contribution in [2.45, 2.75) is 57.5 Å². The summed E-state index contributed by atoms with van der Waals surface area (Å²) in [6, 6.07) is 10.7. The Hall–Kier alpha value is -1.87. The molecule has 0 saturated heterocycles. The van der Waals surface area contributed by atoms with Crippen LogP contribution < -0.4 is 11.1 Å². The van der Waals surface area contributed by atoms with Gasteiger partial charge in [-0.3, -0.25) is 4.79 Å². The maximum atomic E-state index is 12.4. The molecule has 3 nitrogen and oxygen atoms in total. The van der Waals surface area contributed by atoms with Crippen molar-refractivity contribution in [3.63, 3.8) is 0 Å². The second-order valence-corrected chi connectivity index (χ2v) is 7.77. The number of nitrogens with one attached hydrogen (secondary N) is 1. The number of primary amides is 1. The summed E-state index contributed by atoms with van der Waals surface area (Å²) in [6.45, 7) is 4.36. The first-order chi connectivity index (χ1) is 12.0. The van der Waals surface area contributed by atoms with Gasteiger partial charge >= 0.3 is 0 Å². The molecule has 2 atom stereocenters. The van der Waals surface area contributed by atoms with Crippen LogP contribution in [0.3, 0.4) is 0 Å². The third-order valence-corrected chi connectivity index (χ3v) is 5.83. The van der Waals surface area contributed by atoms with Crippen molar-refractivity contribution in [3.8, 4) is 0 Å². The Balaban J connectivity index is 1.94. The number of allylic oxidation sites excluding steroid dienone is 2. The van der Waals surface area contributed by atoms with Gasteiger partial charge in [0.05, 0.1) is 11.5 Å². The molecule has 3 rings (SSSR count). The number of hydrogen-bond acceptors (Lipinski definition) is 2. The maximum absolute atomic E-state index is 12.4. The van der Waals surface area contributed by atoms with Crippen molar-refractivity contribution in [2.75, 3.05) is 0 Å². The second-order valence-electron chi connectivity index (χ2n) is 7.77. The van der Waals surface area contributed by atoms with Crippen LogP contribution in [0.25, 0.3) is 5.57 Å². The van der Waals surface area contributed by atoms with E-state index in [4.69, 9.17) is 5.73 Å². The first kappa shape index (κ1) is 17.9. The van der Waals surface area contributed by atoms with Crippen LogP contribution in [0.4, 0.5) is 0 Å². The second kappa shape index (κ2) is 7.57. The van der Waals surface area contributed by atoms with Gasteiger partial charge in [0, 0.05) is 6.04 Å². The lowest BCUT2D eigenvalue weighted by Crippen LogP contribution is -2.60. The van der Waals surface area contributed by atoms with Crippen LogP contribution in [-0.2, 0) is 4.79 Å². The Labute approximate surface area is 151 Å². The number of carbonyl (C=O) groups excluding carboxylic acids is 1. The number of nitrogens with two attached hydrogens (primary N) is 1. The molecule has 3 N–H and O–H groups in total. The van der Waals surface area contributed by atoms with Crippen molar-refractivity contribution in [1.82, 2.24) is 5.32 Å². The van der Waals surface area contributed by atoms with Gasteiger partial charge in [-0.2, -0.15) is 0 Å². The molecule has 2 aliphatic rings. The van der Waals surface area contributed by atoms with E-state index >= 15 is 0 Å². The van der Waals surface area contributed by atoms with E-state index in [-0.39, 0.29) is 17.7 Å². The molecular formula is C22H30N2O. The first-order valence-electron chi connectivity index (χ1n) is 9.56. The average Bonchev–Trinajstić information content (AvgIpc) is 2.63. The van der Waals surface area contributed by atoms with Crippen molar-refractivity contribution in [1.29, 1.82) is 0 Å². The lowest BCUT2D eigenvalue weighted by atomic mass is 9.69. The Morgan fingerprint density at radius 2 is 1.84 bits per heavy atom. The molecule has 3 heteroatoms. The van der Waals surface area contributed by atoms with Gasteiger partial charge in [0.15, 0.2) is 0 Å². The minimum atomic E-state index is -0.397. The molecule has 1 fully saturated rings. The fourth-order valence-electron chi connectivity index (χ4n) is 4.30. The molecule has 2 unspecified atom stereocenters. The van der Waals surface area contributed by atoms with Gasteiger partial charge in [0.25, 0.3) is 0 Å². The van der Waals surface area contributed by atoms with E-state index in [0.717, 1.165) is 11.1 Å². The predicted molar refractivity (Wildman–Crippen MR) is 104 cm³/mol. The van der Waals surface area contributed by atoms with E-state index < -0.39 is 5.54 Å². The van der Waals surface area contributed by atoms with Crippen molar-refractivity contribution in [2.24, 2.45) is 17.6 Å². The molecule has 2 aliphatic carbocycles. The Morgan fingerprint density at radius 3 is 2.44 bits per heavy atom. The largest absolute Gasteiger partial charge is 0.369 e. The molecule has 0 spiro atoms. The summed E-state index contributed by atoms with van der Waals surface area (Å²) in [5, 5.41) is 3.84. The van der Waals surface area contributed by atoms with Gasteiger partial charge in [-0.1, -0.05) is 81.7 Å². The first-order valence-corrected chi connectivity index (χ1v) is 9.56. The van der Waals surface area contributed by atoms with Crippen LogP contribution in [-0.4, -0.2) is 17.5 Å². The monoisotopic (exact) mass is 338 g/mol. The molecular weight excluding hydrogens is 308 g/mol. The summed E-state index contributed by atoms with van der Waals surface area (Å²) >= 11 is 0. The van der Waals surface area contributed by atoms with E-state index in [9.17, 15) is 4.79 Å². The summed E-state index contributed by atoms with van der Waals surface area (Å²) < 4.78 is 0. The molecule has 0 heterocycles. The highest BCUT2D eigenvalue weighted by Gasteiger charge is 2.44. The third kappa shape index (κ3) is 3.72. The molecule has 0 radical (unpaired) electrons. The molecule has 0 bridgehead atoms. The Morgan fingerprint density at radius 1 is 1.16 bits per heavy atom. The van der Waals surface area contributed by atoms with Gasteiger partial charge in [-0.25, -0.2) is 0 Å². The normalized spacial score (nSPS) is 27.3. The minimum Gasteiger partial charge on any atom is -0.369 e. The van der Waals surface area contributed by atoms with Crippen LogP contribution in [0.15, 0.2) is 48.6 Å². The quantitative estimate of drug-likeness (QED) is 0.851. The molecule has 1 saturated carbocycles. The molecule has 1 aromatic carbocycles. The van der Waals surface area contributed by atoms with E-state index in [1.54, 1.807) is 0 Å². The standard InChI is InChI=1S/C22H30N2O/c1-16(2)22(24-19-11-7-4-8-12-19)14-13-18(15-20(22)21(23)25)17-9-5-3-6-10-17/h3,5-6,9-10,13-16,19-20,24H,4,7-8,11-12H2,1-2H3,(H2,23,25). The number of benzene rings is 1. The predicted octanol–water partition coefficient (Wildman–Crippen LogP) is 4.06. The highest BCUT2D eigenvalue weighted by molar-refractivity contribution is 5.87.